The summed E-state index contributed by atoms with van der Waals surface area (Å²) in [4.78, 5) is 23.9. The van der Waals surface area contributed by atoms with Crippen molar-refractivity contribution in [1.29, 1.82) is 0 Å². The molecule has 0 aromatic heterocycles. The lowest BCUT2D eigenvalue weighted by Gasteiger charge is -2.03. The number of ether oxygens (including phenoxy) is 1. The van der Waals surface area contributed by atoms with Crippen molar-refractivity contribution in [2.75, 3.05) is 13.2 Å². The van der Waals surface area contributed by atoms with E-state index in [1.54, 1.807) is 0 Å². The minimum atomic E-state index is -0.747. The predicted molar refractivity (Wildman–Crippen MR) is 62.4 cm³/mol. The van der Waals surface area contributed by atoms with Crippen molar-refractivity contribution in [3.63, 3.8) is 0 Å². The maximum atomic E-state index is 11.5. The Bertz CT molecular complexity index is 527. The maximum Gasteiger partial charge on any atom is 0.338 e. The zero-order valence-electron chi connectivity index (χ0n) is 8.95. The normalized spacial score (nSPS) is 9.39. The molecule has 1 rings (SSSR count). The lowest BCUT2D eigenvalue weighted by molar-refractivity contribution is -0.384. The summed E-state index contributed by atoms with van der Waals surface area (Å²) in [5.74, 6) is -0.747. The van der Waals surface area contributed by atoms with Crippen LogP contribution in [0.1, 0.15) is 10.4 Å². The molecule has 0 atom stereocenters. The van der Waals surface area contributed by atoms with Gasteiger partial charge in [-0.05, 0) is 17.7 Å². The molecule has 0 spiro atoms. The fourth-order valence-electron chi connectivity index (χ4n) is 1.09. The average molecular weight is 271 g/mol. The molecular weight excluding hydrogens is 264 g/mol. The molecule has 0 aliphatic carbocycles. The van der Waals surface area contributed by atoms with E-state index < -0.39 is 10.9 Å². The van der Waals surface area contributed by atoms with Crippen LogP contribution in [0.25, 0.3) is 10.4 Å². The van der Waals surface area contributed by atoms with Gasteiger partial charge in [0.2, 0.25) is 0 Å². The number of halogens is 1. The zero-order chi connectivity index (χ0) is 13.5. The third kappa shape index (κ3) is 3.62. The van der Waals surface area contributed by atoms with Crippen molar-refractivity contribution in [1.82, 2.24) is 0 Å². The van der Waals surface area contributed by atoms with Crippen LogP contribution in [0.3, 0.4) is 0 Å². The number of benzene rings is 1. The van der Waals surface area contributed by atoms with Gasteiger partial charge < -0.3 is 4.74 Å². The zero-order valence-corrected chi connectivity index (χ0v) is 9.70. The van der Waals surface area contributed by atoms with Gasteiger partial charge in [0, 0.05) is 11.0 Å². The van der Waals surface area contributed by atoms with E-state index in [1.807, 2.05) is 0 Å². The van der Waals surface area contributed by atoms with Crippen molar-refractivity contribution in [3.05, 3.63) is 49.3 Å². The lowest BCUT2D eigenvalue weighted by atomic mass is 10.2. The van der Waals surface area contributed by atoms with Crippen LogP contribution < -0.4 is 0 Å². The monoisotopic (exact) mass is 270 g/mol. The molecule has 0 aliphatic rings. The first-order chi connectivity index (χ1) is 8.56. The molecule has 0 saturated heterocycles. The van der Waals surface area contributed by atoms with E-state index in [-0.39, 0.29) is 29.4 Å². The van der Waals surface area contributed by atoms with Crippen LogP contribution in [0, 0.1) is 10.1 Å². The third-order valence-electron chi connectivity index (χ3n) is 1.87. The van der Waals surface area contributed by atoms with Gasteiger partial charge in [-0.15, -0.1) is 0 Å². The lowest BCUT2D eigenvalue weighted by Crippen LogP contribution is -2.08. The first kappa shape index (κ1) is 13.8. The minimum Gasteiger partial charge on any atom is -0.462 e. The Labute approximate surface area is 106 Å². The Morgan fingerprint density at radius 2 is 2.33 bits per heavy atom. The van der Waals surface area contributed by atoms with Gasteiger partial charge in [0.1, 0.15) is 5.02 Å². The Kier molecular flexibility index (Phi) is 4.91. The second-order valence-electron chi connectivity index (χ2n) is 3.01. The summed E-state index contributed by atoms with van der Waals surface area (Å²) in [6.07, 6.45) is 0. The van der Waals surface area contributed by atoms with Crippen LogP contribution in [0.15, 0.2) is 23.3 Å². The van der Waals surface area contributed by atoms with E-state index in [0.29, 0.717) is 0 Å². The van der Waals surface area contributed by atoms with Crippen molar-refractivity contribution in [3.8, 4) is 0 Å². The van der Waals surface area contributed by atoms with Gasteiger partial charge >= 0.3 is 5.97 Å². The molecule has 0 aliphatic heterocycles. The molecule has 0 heterocycles. The first-order valence-corrected chi connectivity index (χ1v) is 5.06. The molecule has 94 valence electrons. The number of nitro benzene ring substituents is 1. The molecule has 9 heteroatoms. The standard InChI is InChI=1S/C9H7ClN4O4/c10-7-2-1-6(5-8(7)14(16)17)9(15)18-4-3-12-13-11/h1-2,5H,3-4H2. The second kappa shape index (κ2) is 6.43. The van der Waals surface area contributed by atoms with Gasteiger partial charge in [-0.25, -0.2) is 4.79 Å². The summed E-state index contributed by atoms with van der Waals surface area (Å²) in [6.45, 7) is -0.1000. The molecule has 1 aromatic rings. The second-order valence-corrected chi connectivity index (χ2v) is 3.42. The van der Waals surface area contributed by atoms with Gasteiger partial charge in [-0.2, -0.15) is 0 Å². The summed E-state index contributed by atoms with van der Waals surface area (Å²) >= 11 is 5.59. The van der Waals surface area contributed by atoms with E-state index in [1.165, 1.54) is 12.1 Å². The van der Waals surface area contributed by atoms with E-state index in [0.717, 1.165) is 6.07 Å². The molecule has 0 unspecified atom stereocenters. The highest BCUT2D eigenvalue weighted by Gasteiger charge is 2.16. The molecule has 1 aromatic carbocycles. The van der Waals surface area contributed by atoms with Gasteiger partial charge in [-0.3, -0.25) is 10.1 Å². The Morgan fingerprint density at radius 3 is 2.94 bits per heavy atom. The number of azide groups is 1. The SMILES string of the molecule is [N-]=[N+]=NCCOC(=O)c1ccc(Cl)c([N+](=O)[O-])c1. The number of hydrogen-bond acceptors (Lipinski definition) is 5. The van der Waals surface area contributed by atoms with Crippen LogP contribution in [0.2, 0.25) is 5.02 Å². The van der Waals surface area contributed by atoms with Crippen LogP contribution in [0.4, 0.5) is 5.69 Å². The van der Waals surface area contributed by atoms with Crippen LogP contribution in [0.5, 0.6) is 0 Å². The topological polar surface area (TPSA) is 118 Å². The highest BCUT2D eigenvalue weighted by molar-refractivity contribution is 6.32. The Balaban J connectivity index is 2.77. The Hall–Kier alpha value is -2.31. The summed E-state index contributed by atoms with van der Waals surface area (Å²) < 4.78 is 4.74. The number of nitro groups is 1. The molecule has 0 amide bonds. The number of esters is 1. The number of hydrogen-bond donors (Lipinski definition) is 0. The molecule has 18 heavy (non-hydrogen) atoms. The molecular formula is C9H7ClN4O4. The van der Waals surface area contributed by atoms with Crippen molar-refractivity contribution in [2.24, 2.45) is 5.11 Å². The Morgan fingerprint density at radius 1 is 1.61 bits per heavy atom. The third-order valence-corrected chi connectivity index (χ3v) is 2.19. The number of nitrogens with zero attached hydrogens (tertiary/aromatic N) is 4. The van der Waals surface area contributed by atoms with Gasteiger partial charge in [0.15, 0.2) is 0 Å². The van der Waals surface area contributed by atoms with E-state index >= 15 is 0 Å². The van der Waals surface area contributed by atoms with Gasteiger partial charge in [0.25, 0.3) is 5.69 Å². The summed E-state index contributed by atoms with van der Waals surface area (Å²) in [7, 11) is 0. The van der Waals surface area contributed by atoms with Crippen LogP contribution in [-0.4, -0.2) is 24.0 Å². The maximum absolute atomic E-state index is 11.5. The minimum absolute atomic E-state index is 0.00206. The molecule has 8 nitrogen and oxygen atoms in total. The highest BCUT2D eigenvalue weighted by Crippen LogP contribution is 2.25. The molecule has 0 saturated carbocycles. The molecule has 0 N–H and O–H groups in total. The fourth-order valence-corrected chi connectivity index (χ4v) is 1.27. The summed E-state index contributed by atoms with van der Waals surface area (Å²) in [5.41, 5.74) is 7.64. The van der Waals surface area contributed by atoms with Crippen LogP contribution >= 0.6 is 11.6 Å². The van der Waals surface area contributed by atoms with Gasteiger partial charge in [-0.1, -0.05) is 16.7 Å². The van der Waals surface area contributed by atoms with Gasteiger partial charge in [0.05, 0.1) is 23.6 Å². The van der Waals surface area contributed by atoms with Crippen molar-refractivity contribution >= 4 is 23.3 Å². The smallest absolute Gasteiger partial charge is 0.338 e. The quantitative estimate of drug-likeness (QED) is 0.155. The molecule has 0 fully saturated rings. The van der Waals surface area contributed by atoms with E-state index in [4.69, 9.17) is 21.9 Å². The van der Waals surface area contributed by atoms with Crippen LogP contribution in [-0.2, 0) is 4.74 Å². The molecule has 0 bridgehead atoms. The number of carbonyl (C=O) groups excluding carboxylic acids is 1. The summed E-state index contributed by atoms with van der Waals surface area (Å²) in [6, 6.07) is 3.58. The first-order valence-electron chi connectivity index (χ1n) is 4.68. The number of carbonyl (C=O) groups is 1. The number of rotatable bonds is 5. The molecule has 0 radical (unpaired) electrons. The summed E-state index contributed by atoms with van der Waals surface area (Å²) in [5, 5.41) is 13.7. The van der Waals surface area contributed by atoms with Crippen molar-refractivity contribution < 1.29 is 14.5 Å². The largest absolute Gasteiger partial charge is 0.462 e. The van der Waals surface area contributed by atoms with E-state index in [2.05, 4.69) is 10.0 Å². The average Bonchev–Trinajstić information content (AvgIpc) is 2.34. The predicted octanol–water partition coefficient (Wildman–Crippen LogP) is 2.72. The fraction of sp³-hybridized carbons (Fsp3) is 0.222. The van der Waals surface area contributed by atoms with Crippen molar-refractivity contribution in [2.45, 2.75) is 0 Å². The highest BCUT2D eigenvalue weighted by atomic mass is 35.5. The van der Waals surface area contributed by atoms with E-state index in [9.17, 15) is 14.9 Å².